The highest BCUT2D eigenvalue weighted by Crippen LogP contribution is 1.97. The van der Waals surface area contributed by atoms with Crippen molar-refractivity contribution in [2.24, 2.45) is 13.0 Å². The standard InChI is InChI=1S/C9H15ClN4O/c1-7(5-10)9(15)11-4-3-8-13-12-6-14(8)2/h6-7H,3-5H2,1-2H3,(H,11,15). The normalized spacial score (nSPS) is 12.5. The Labute approximate surface area is 93.8 Å². The molecule has 0 saturated heterocycles. The number of aryl methyl sites for hydroxylation is 1. The van der Waals surface area contributed by atoms with Crippen LogP contribution in [0, 0.1) is 5.92 Å². The molecule has 1 rings (SSSR count). The molecule has 0 aliphatic heterocycles. The van der Waals surface area contributed by atoms with E-state index in [0.29, 0.717) is 18.8 Å². The van der Waals surface area contributed by atoms with Gasteiger partial charge in [0.05, 0.1) is 0 Å². The van der Waals surface area contributed by atoms with Crippen molar-refractivity contribution >= 4 is 17.5 Å². The van der Waals surface area contributed by atoms with Gasteiger partial charge in [-0.1, -0.05) is 6.92 Å². The lowest BCUT2D eigenvalue weighted by atomic mass is 10.2. The van der Waals surface area contributed by atoms with Gasteiger partial charge in [0.1, 0.15) is 12.2 Å². The number of alkyl halides is 1. The van der Waals surface area contributed by atoms with Crippen molar-refractivity contribution in [3.05, 3.63) is 12.2 Å². The van der Waals surface area contributed by atoms with E-state index in [4.69, 9.17) is 11.6 Å². The molecule has 1 atom stereocenters. The van der Waals surface area contributed by atoms with Crippen molar-refractivity contribution in [1.29, 1.82) is 0 Å². The van der Waals surface area contributed by atoms with Crippen LogP contribution in [0.1, 0.15) is 12.7 Å². The minimum atomic E-state index is -0.147. The van der Waals surface area contributed by atoms with Gasteiger partial charge in [-0.15, -0.1) is 21.8 Å². The summed E-state index contributed by atoms with van der Waals surface area (Å²) in [5.74, 6) is 1.03. The number of nitrogens with one attached hydrogen (secondary N) is 1. The Morgan fingerprint density at radius 1 is 1.73 bits per heavy atom. The minimum absolute atomic E-state index is 0.0211. The molecule has 0 aromatic carbocycles. The summed E-state index contributed by atoms with van der Waals surface area (Å²) >= 11 is 5.56. The Balaban J connectivity index is 2.28. The highest BCUT2D eigenvalue weighted by atomic mass is 35.5. The lowest BCUT2D eigenvalue weighted by Crippen LogP contribution is -2.32. The lowest BCUT2D eigenvalue weighted by molar-refractivity contribution is -0.123. The van der Waals surface area contributed by atoms with E-state index in [2.05, 4.69) is 15.5 Å². The van der Waals surface area contributed by atoms with E-state index in [1.54, 1.807) is 13.3 Å². The van der Waals surface area contributed by atoms with Gasteiger partial charge in [-0.25, -0.2) is 0 Å². The Kier molecular flexibility index (Phi) is 4.55. The van der Waals surface area contributed by atoms with Crippen LogP contribution in [0.5, 0.6) is 0 Å². The molecule has 0 spiro atoms. The Morgan fingerprint density at radius 3 is 3.00 bits per heavy atom. The van der Waals surface area contributed by atoms with Crippen LogP contribution in [-0.2, 0) is 18.3 Å². The van der Waals surface area contributed by atoms with E-state index >= 15 is 0 Å². The first kappa shape index (κ1) is 12.0. The van der Waals surface area contributed by atoms with E-state index in [1.807, 2.05) is 11.6 Å². The predicted molar refractivity (Wildman–Crippen MR) is 57.6 cm³/mol. The fourth-order valence-corrected chi connectivity index (χ4v) is 1.22. The number of carbonyl (C=O) groups excluding carboxylic acids is 1. The van der Waals surface area contributed by atoms with E-state index in [-0.39, 0.29) is 11.8 Å². The fraction of sp³-hybridized carbons (Fsp3) is 0.667. The van der Waals surface area contributed by atoms with Gasteiger partial charge in [-0.3, -0.25) is 4.79 Å². The highest BCUT2D eigenvalue weighted by molar-refractivity contribution is 6.19. The average molecular weight is 231 g/mol. The smallest absolute Gasteiger partial charge is 0.224 e. The van der Waals surface area contributed by atoms with E-state index in [1.165, 1.54) is 0 Å². The van der Waals surface area contributed by atoms with Crippen LogP contribution >= 0.6 is 11.6 Å². The molecule has 1 unspecified atom stereocenters. The first-order valence-electron chi connectivity index (χ1n) is 4.81. The highest BCUT2D eigenvalue weighted by Gasteiger charge is 2.10. The summed E-state index contributed by atoms with van der Waals surface area (Å²) in [6.45, 7) is 2.36. The third-order valence-electron chi connectivity index (χ3n) is 2.13. The van der Waals surface area contributed by atoms with Crippen LogP contribution in [0.2, 0.25) is 0 Å². The van der Waals surface area contributed by atoms with Crippen molar-refractivity contribution in [1.82, 2.24) is 20.1 Å². The van der Waals surface area contributed by atoms with Crippen LogP contribution in [0.3, 0.4) is 0 Å². The molecule has 1 heterocycles. The molecule has 0 aliphatic rings. The van der Waals surface area contributed by atoms with Crippen LogP contribution in [0.4, 0.5) is 0 Å². The van der Waals surface area contributed by atoms with E-state index in [0.717, 1.165) is 5.82 Å². The molecule has 6 heteroatoms. The van der Waals surface area contributed by atoms with Gasteiger partial charge >= 0.3 is 0 Å². The minimum Gasteiger partial charge on any atom is -0.355 e. The molecular weight excluding hydrogens is 216 g/mol. The maximum atomic E-state index is 11.3. The van der Waals surface area contributed by atoms with Crippen molar-refractivity contribution in [2.45, 2.75) is 13.3 Å². The number of carbonyl (C=O) groups is 1. The molecule has 1 amide bonds. The van der Waals surface area contributed by atoms with Gasteiger partial charge in [-0.05, 0) is 0 Å². The molecule has 1 N–H and O–H groups in total. The molecule has 0 aliphatic carbocycles. The number of hydrogen-bond donors (Lipinski definition) is 1. The molecule has 0 fully saturated rings. The zero-order valence-corrected chi connectivity index (χ0v) is 9.66. The molecule has 0 saturated carbocycles. The summed E-state index contributed by atoms with van der Waals surface area (Å²) < 4.78 is 1.83. The number of aromatic nitrogens is 3. The molecular formula is C9H15ClN4O. The van der Waals surface area contributed by atoms with E-state index < -0.39 is 0 Å². The van der Waals surface area contributed by atoms with Gasteiger partial charge < -0.3 is 9.88 Å². The zero-order valence-electron chi connectivity index (χ0n) is 8.90. The molecule has 5 nitrogen and oxygen atoms in total. The van der Waals surface area contributed by atoms with Gasteiger partial charge in [0.2, 0.25) is 5.91 Å². The molecule has 1 aromatic heterocycles. The van der Waals surface area contributed by atoms with Gasteiger partial charge in [0, 0.05) is 31.8 Å². The second-order valence-corrected chi connectivity index (χ2v) is 3.76. The van der Waals surface area contributed by atoms with Crippen molar-refractivity contribution in [3.63, 3.8) is 0 Å². The maximum Gasteiger partial charge on any atom is 0.224 e. The summed E-state index contributed by atoms with van der Waals surface area (Å²) in [6, 6.07) is 0. The van der Waals surface area contributed by atoms with Crippen molar-refractivity contribution in [3.8, 4) is 0 Å². The predicted octanol–water partition coefficient (Wildman–Crippen LogP) is 0.349. The quantitative estimate of drug-likeness (QED) is 0.743. The summed E-state index contributed by atoms with van der Waals surface area (Å²) in [7, 11) is 1.87. The SMILES string of the molecule is CC(CCl)C(=O)NCCc1nncn1C. The van der Waals surface area contributed by atoms with Gasteiger partial charge in [0.15, 0.2) is 0 Å². The Morgan fingerprint density at radius 2 is 2.47 bits per heavy atom. The number of nitrogens with zero attached hydrogens (tertiary/aromatic N) is 3. The number of hydrogen-bond acceptors (Lipinski definition) is 3. The van der Waals surface area contributed by atoms with Crippen LogP contribution in [0.25, 0.3) is 0 Å². The lowest BCUT2D eigenvalue weighted by Gasteiger charge is -2.08. The summed E-state index contributed by atoms with van der Waals surface area (Å²) in [6.07, 6.45) is 2.32. The van der Waals surface area contributed by atoms with E-state index in [9.17, 15) is 4.79 Å². The monoisotopic (exact) mass is 230 g/mol. The third kappa shape index (κ3) is 3.51. The van der Waals surface area contributed by atoms with Crippen molar-refractivity contribution in [2.75, 3.05) is 12.4 Å². The largest absolute Gasteiger partial charge is 0.355 e. The first-order valence-corrected chi connectivity index (χ1v) is 5.35. The Hall–Kier alpha value is -1.10. The molecule has 0 radical (unpaired) electrons. The number of amides is 1. The molecule has 1 aromatic rings. The van der Waals surface area contributed by atoms with Crippen LogP contribution < -0.4 is 5.32 Å². The second-order valence-electron chi connectivity index (χ2n) is 3.45. The van der Waals surface area contributed by atoms with Gasteiger partial charge in [-0.2, -0.15) is 0 Å². The summed E-state index contributed by atoms with van der Waals surface area (Å²) in [4.78, 5) is 11.3. The fourth-order valence-electron chi connectivity index (χ4n) is 1.08. The average Bonchev–Trinajstić information content (AvgIpc) is 2.63. The van der Waals surface area contributed by atoms with Crippen LogP contribution in [0.15, 0.2) is 6.33 Å². The van der Waals surface area contributed by atoms with Gasteiger partial charge in [0.25, 0.3) is 0 Å². The second kappa shape index (κ2) is 5.70. The number of halogens is 1. The summed E-state index contributed by atoms with van der Waals surface area (Å²) in [5, 5.41) is 10.5. The van der Waals surface area contributed by atoms with Crippen LogP contribution in [-0.4, -0.2) is 33.1 Å². The topological polar surface area (TPSA) is 59.8 Å². The first-order chi connectivity index (χ1) is 7.15. The molecule has 15 heavy (non-hydrogen) atoms. The third-order valence-corrected chi connectivity index (χ3v) is 2.59. The van der Waals surface area contributed by atoms with Crippen molar-refractivity contribution < 1.29 is 4.79 Å². The summed E-state index contributed by atoms with van der Waals surface area (Å²) in [5.41, 5.74) is 0. The number of rotatable bonds is 5. The maximum absolute atomic E-state index is 11.3. The molecule has 0 bridgehead atoms. The Bertz CT molecular complexity index is 326. The zero-order chi connectivity index (χ0) is 11.3. The molecule has 84 valence electrons.